The highest BCUT2D eigenvalue weighted by atomic mass is 16.6. The monoisotopic (exact) mass is 334 g/mol. The molecule has 0 bridgehead atoms. The maximum atomic E-state index is 12.3. The quantitative estimate of drug-likeness (QED) is 0.916. The van der Waals surface area contributed by atoms with Crippen molar-refractivity contribution in [2.45, 2.75) is 51.4 Å². The minimum Gasteiger partial charge on any atom is -0.480 e. The molecule has 2 rings (SSSR count). The molecule has 0 aliphatic carbocycles. The van der Waals surface area contributed by atoms with Gasteiger partial charge in [0.05, 0.1) is 0 Å². The number of likely N-dealkylation sites (tertiary alicyclic amines) is 1. The van der Waals surface area contributed by atoms with Gasteiger partial charge in [-0.25, -0.2) is 9.59 Å². The first-order valence-corrected chi connectivity index (χ1v) is 8.14. The minimum absolute atomic E-state index is 0.0150. The number of ether oxygens (including phenoxy) is 1. The van der Waals surface area contributed by atoms with Crippen LogP contribution >= 0.6 is 0 Å². The second-order valence-electron chi connectivity index (χ2n) is 7.28. The van der Waals surface area contributed by atoms with E-state index in [0.29, 0.717) is 19.5 Å². The normalized spacial score (nSPS) is 21.1. The molecule has 2 atom stereocenters. The average Bonchev–Trinajstić information content (AvgIpc) is 2.92. The van der Waals surface area contributed by atoms with Crippen molar-refractivity contribution in [3.63, 3.8) is 0 Å². The number of nitrogens with zero attached hydrogens (tertiary/aromatic N) is 2. The largest absolute Gasteiger partial charge is 0.480 e. The molecular formula is C18H26N2O4. The van der Waals surface area contributed by atoms with Crippen molar-refractivity contribution in [1.29, 1.82) is 0 Å². The van der Waals surface area contributed by atoms with E-state index in [2.05, 4.69) is 4.90 Å². The summed E-state index contributed by atoms with van der Waals surface area (Å²) in [6, 6.07) is 9.12. The first kappa shape index (κ1) is 18.3. The Balaban J connectivity index is 2.06. The highest BCUT2D eigenvalue weighted by Gasteiger charge is 2.42. The fraction of sp³-hybridized carbons (Fsp3) is 0.556. The van der Waals surface area contributed by atoms with Crippen LogP contribution in [-0.2, 0) is 16.1 Å². The van der Waals surface area contributed by atoms with Crippen LogP contribution in [-0.4, -0.2) is 58.2 Å². The predicted molar refractivity (Wildman–Crippen MR) is 90.7 cm³/mol. The summed E-state index contributed by atoms with van der Waals surface area (Å²) in [5.41, 5.74) is 0.510. The van der Waals surface area contributed by atoms with Crippen molar-refractivity contribution in [3.05, 3.63) is 35.9 Å². The number of rotatable bonds is 4. The number of carbonyl (C=O) groups excluding carboxylic acids is 1. The van der Waals surface area contributed by atoms with Crippen molar-refractivity contribution >= 4 is 12.1 Å². The summed E-state index contributed by atoms with van der Waals surface area (Å²) >= 11 is 0. The van der Waals surface area contributed by atoms with Crippen LogP contribution in [0.15, 0.2) is 30.3 Å². The third-order valence-corrected chi connectivity index (χ3v) is 4.09. The molecule has 6 heteroatoms. The molecule has 1 aliphatic heterocycles. The fourth-order valence-electron chi connectivity index (χ4n) is 2.89. The van der Waals surface area contributed by atoms with Gasteiger partial charge in [0.25, 0.3) is 0 Å². The standard InChI is InChI=1S/C18H26N2O4/c1-18(2,3)24-17(23)20-12-14(10-15(20)16(21)22)19(4)11-13-8-6-5-7-9-13/h5-9,14-15H,10-12H2,1-4H3,(H,21,22)/t14-,15-/m1/s1. The zero-order valence-electron chi connectivity index (χ0n) is 14.7. The lowest BCUT2D eigenvalue weighted by Crippen LogP contribution is -2.43. The minimum atomic E-state index is -0.989. The number of likely N-dealkylation sites (N-methyl/N-ethyl adjacent to an activating group) is 1. The second-order valence-corrected chi connectivity index (χ2v) is 7.28. The molecular weight excluding hydrogens is 308 g/mol. The summed E-state index contributed by atoms with van der Waals surface area (Å²) in [5, 5.41) is 9.45. The zero-order valence-corrected chi connectivity index (χ0v) is 14.7. The van der Waals surface area contributed by atoms with Crippen LogP contribution in [0.3, 0.4) is 0 Å². The maximum absolute atomic E-state index is 12.3. The third kappa shape index (κ3) is 4.71. The molecule has 1 heterocycles. The van der Waals surface area contributed by atoms with Crippen LogP contribution in [0, 0.1) is 0 Å². The first-order chi connectivity index (χ1) is 11.2. The van der Waals surface area contributed by atoms with E-state index in [-0.39, 0.29) is 6.04 Å². The van der Waals surface area contributed by atoms with E-state index in [1.807, 2.05) is 37.4 Å². The van der Waals surface area contributed by atoms with E-state index in [1.165, 1.54) is 4.90 Å². The molecule has 1 aromatic carbocycles. The number of hydrogen-bond acceptors (Lipinski definition) is 4. The van der Waals surface area contributed by atoms with Gasteiger partial charge in [-0.2, -0.15) is 0 Å². The van der Waals surface area contributed by atoms with Gasteiger partial charge in [0.1, 0.15) is 11.6 Å². The van der Waals surface area contributed by atoms with E-state index < -0.39 is 23.7 Å². The van der Waals surface area contributed by atoms with E-state index in [4.69, 9.17) is 4.74 Å². The summed E-state index contributed by atoms with van der Waals surface area (Å²) < 4.78 is 5.35. The van der Waals surface area contributed by atoms with Crippen LogP contribution in [0.5, 0.6) is 0 Å². The average molecular weight is 334 g/mol. The summed E-state index contributed by atoms with van der Waals surface area (Å²) in [4.78, 5) is 27.3. The van der Waals surface area contributed by atoms with Crippen LogP contribution in [0.1, 0.15) is 32.8 Å². The summed E-state index contributed by atoms with van der Waals surface area (Å²) in [7, 11) is 1.95. The highest BCUT2D eigenvalue weighted by Crippen LogP contribution is 2.25. The first-order valence-electron chi connectivity index (χ1n) is 8.14. The Labute approximate surface area is 143 Å². The van der Waals surface area contributed by atoms with Crippen LogP contribution in [0.2, 0.25) is 0 Å². The Morgan fingerprint density at radius 3 is 2.46 bits per heavy atom. The van der Waals surface area contributed by atoms with Gasteiger partial charge in [-0.05, 0) is 39.8 Å². The van der Waals surface area contributed by atoms with Gasteiger partial charge >= 0.3 is 12.1 Å². The summed E-state index contributed by atoms with van der Waals surface area (Å²) in [6.07, 6.45) is -0.164. The van der Waals surface area contributed by atoms with Crippen LogP contribution < -0.4 is 0 Å². The Morgan fingerprint density at radius 2 is 1.92 bits per heavy atom. The molecule has 132 valence electrons. The van der Waals surface area contributed by atoms with Gasteiger partial charge in [0.15, 0.2) is 0 Å². The van der Waals surface area contributed by atoms with Crippen molar-refractivity contribution in [2.24, 2.45) is 0 Å². The highest BCUT2D eigenvalue weighted by molar-refractivity contribution is 5.81. The SMILES string of the molecule is CN(Cc1ccccc1)[C@@H]1C[C@H](C(=O)O)N(C(=O)OC(C)(C)C)C1. The van der Waals surface area contributed by atoms with Gasteiger partial charge in [-0.1, -0.05) is 30.3 Å². The zero-order chi connectivity index (χ0) is 17.9. The smallest absolute Gasteiger partial charge is 0.411 e. The lowest BCUT2D eigenvalue weighted by Gasteiger charge is -2.27. The summed E-state index contributed by atoms with van der Waals surface area (Å²) in [5.74, 6) is -0.989. The van der Waals surface area contributed by atoms with Gasteiger partial charge in [-0.15, -0.1) is 0 Å². The van der Waals surface area contributed by atoms with Crippen molar-refractivity contribution < 1.29 is 19.4 Å². The maximum Gasteiger partial charge on any atom is 0.411 e. The van der Waals surface area contributed by atoms with Gasteiger partial charge in [-0.3, -0.25) is 9.80 Å². The Hall–Kier alpha value is -2.08. The summed E-state index contributed by atoms with van der Waals surface area (Å²) in [6.45, 7) is 6.39. The topological polar surface area (TPSA) is 70.1 Å². The lowest BCUT2D eigenvalue weighted by atomic mass is 10.1. The number of carbonyl (C=O) groups is 2. The van der Waals surface area contributed by atoms with Crippen molar-refractivity contribution in [2.75, 3.05) is 13.6 Å². The fourth-order valence-corrected chi connectivity index (χ4v) is 2.89. The van der Waals surface area contributed by atoms with Gasteiger partial charge in [0, 0.05) is 19.1 Å². The Bertz CT molecular complexity index is 582. The predicted octanol–water partition coefficient (Wildman–Crippen LogP) is 2.58. The molecule has 1 aromatic rings. The Kier molecular flexibility index (Phi) is 5.49. The van der Waals surface area contributed by atoms with E-state index in [1.54, 1.807) is 20.8 Å². The van der Waals surface area contributed by atoms with E-state index >= 15 is 0 Å². The van der Waals surface area contributed by atoms with Gasteiger partial charge in [0.2, 0.25) is 0 Å². The van der Waals surface area contributed by atoms with Crippen LogP contribution in [0.4, 0.5) is 4.79 Å². The van der Waals surface area contributed by atoms with Crippen molar-refractivity contribution in [1.82, 2.24) is 9.80 Å². The van der Waals surface area contributed by atoms with Crippen LogP contribution in [0.25, 0.3) is 0 Å². The molecule has 0 radical (unpaired) electrons. The lowest BCUT2D eigenvalue weighted by molar-refractivity contribution is -0.142. The Morgan fingerprint density at radius 1 is 1.29 bits per heavy atom. The third-order valence-electron chi connectivity index (χ3n) is 4.09. The van der Waals surface area contributed by atoms with Crippen molar-refractivity contribution in [3.8, 4) is 0 Å². The molecule has 0 saturated carbocycles. The molecule has 6 nitrogen and oxygen atoms in total. The number of hydrogen-bond donors (Lipinski definition) is 1. The number of carboxylic acids is 1. The number of amides is 1. The molecule has 0 aromatic heterocycles. The molecule has 1 saturated heterocycles. The second kappa shape index (κ2) is 7.21. The number of aliphatic carboxylic acids is 1. The molecule has 1 fully saturated rings. The number of benzene rings is 1. The molecule has 1 N–H and O–H groups in total. The molecule has 0 unspecified atom stereocenters. The number of carboxylic acid groups (broad SMARTS) is 1. The molecule has 0 spiro atoms. The van der Waals surface area contributed by atoms with Gasteiger partial charge < -0.3 is 9.84 Å². The molecule has 24 heavy (non-hydrogen) atoms. The molecule has 1 aliphatic rings. The molecule has 1 amide bonds. The van der Waals surface area contributed by atoms with E-state index in [0.717, 1.165) is 5.56 Å². The van der Waals surface area contributed by atoms with E-state index in [9.17, 15) is 14.7 Å².